The number of esters is 1. The molecule has 0 aliphatic heterocycles. The van der Waals surface area contributed by atoms with Crippen molar-refractivity contribution < 1.29 is 9.53 Å². The molecule has 0 spiro atoms. The smallest absolute Gasteiger partial charge is 0.341 e. The van der Waals surface area contributed by atoms with Crippen molar-refractivity contribution in [2.75, 3.05) is 17.2 Å². The summed E-state index contributed by atoms with van der Waals surface area (Å²) in [4.78, 5) is 14.1. The van der Waals surface area contributed by atoms with Gasteiger partial charge in [-0.25, -0.2) is 4.79 Å². The standard InChI is InChI=1S/C24H25Cl3N4O2S2/c1-2-33-23(32)20-16-7-5-3-4-6-8-19(16)35-22(20)29-24(34)28-21-18(27)13-31(30-21)12-14-9-10-15(25)11-17(14)26/h9-11,13H,2-8,12H2,1H3,(H2,28,29,30,34). The van der Waals surface area contributed by atoms with Gasteiger partial charge in [-0.2, -0.15) is 5.10 Å². The van der Waals surface area contributed by atoms with Gasteiger partial charge in [-0.3, -0.25) is 4.68 Å². The topological polar surface area (TPSA) is 68.2 Å². The predicted octanol–water partition coefficient (Wildman–Crippen LogP) is 7.60. The van der Waals surface area contributed by atoms with Crippen LogP contribution in [0, 0.1) is 0 Å². The average molecular weight is 572 g/mol. The van der Waals surface area contributed by atoms with Crippen molar-refractivity contribution in [3.63, 3.8) is 0 Å². The number of fused-ring (bicyclic) bond motifs is 1. The molecule has 1 aliphatic carbocycles. The molecule has 11 heteroatoms. The van der Waals surface area contributed by atoms with Crippen molar-refractivity contribution >= 4 is 80.3 Å². The molecule has 0 saturated carbocycles. The molecular weight excluding hydrogens is 547 g/mol. The normalized spacial score (nSPS) is 13.5. The van der Waals surface area contributed by atoms with Gasteiger partial charge >= 0.3 is 5.97 Å². The van der Waals surface area contributed by atoms with Crippen LogP contribution in [0.25, 0.3) is 0 Å². The Bertz CT molecular complexity index is 1240. The monoisotopic (exact) mass is 570 g/mol. The van der Waals surface area contributed by atoms with Crippen LogP contribution in [0.5, 0.6) is 0 Å². The number of nitrogens with zero attached hydrogens (tertiary/aromatic N) is 2. The summed E-state index contributed by atoms with van der Waals surface area (Å²) in [6.07, 6.45) is 8.06. The summed E-state index contributed by atoms with van der Waals surface area (Å²) in [5.74, 6) is 0.0832. The first-order chi connectivity index (χ1) is 16.9. The number of ether oxygens (including phenoxy) is 1. The molecule has 2 aromatic heterocycles. The molecule has 0 fully saturated rings. The van der Waals surface area contributed by atoms with E-state index in [1.54, 1.807) is 34.3 Å². The highest BCUT2D eigenvalue weighted by atomic mass is 35.5. The predicted molar refractivity (Wildman–Crippen MR) is 149 cm³/mol. The molecule has 2 heterocycles. The zero-order valence-electron chi connectivity index (χ0n) is 19.1. The Morgan fingerprint density at radius 3 is 2.66 bits per heavy atom. The van der Waals surface area contributed by atoms with E-state index >= 15 is 0 Å². The zero-order chi connectivity index (χ0) is 24.9. The number of aromatic nitrogens is 2. The largest absolute Gasteiger partial charge is 0.462 e. The summed E-state index contributed by atoms with van der Waals surface area (Å²) in [5, 5.41) is 13.2. The molecule has 0 radical (unpaired) electrons. The minimum absolute atomic E-state index is 0.293. The number of carbonyl (C=O) groups is 1. The van der Waals surface area contributed by atoms with Crippen LogP contribution in [-0.2, 0) is 24.1 Å². The maximum absolute atomic E-state index is 12.8. The fraction of sp³-hybridized carbons (Fsp3) is 0.375. The highest BCUT2D eigenvalue weighted by Crippen LogP contribution is 2.38. The molecule has 35 heavy (non-hydrogen) atoms. The Morgan fingerprint density at radius 2 is 1.91 bits per heavy atom. The number of rotatable bonds is 6. The SMILES string of the molecule is CCOC(=O)c1c(NC(=S)Nc2nn(Cc3ccc(Cl)cc3Cl)cc2Cl)sc2c1CCCCCC2. The maximum Gasteiger partial charge on any atom is 0.341 e. The Kier molecular flexibility index (Phi) is 8.94. The number of halogens is 3. The molecule has 1 aliphatic rings. The van der Waals surface area contributed by atoms with E-state index in [-0.39, 0.29) is 5.97 Å². The molecule has 0 amide bonds. The summed E-state index contributed by atoms with van der Waals surface area (Å²) >= 11 is 25.8. The van der Waals surface area contributed by atoms with Gasteiger partial charge in [0.1, 0.15) is 10.0 Å². The van der Waals surface area contributed by atoms with E-state index in [2.05, 4.69) is 15.7 Å². The lowest BCUT2D eigenvalue weighted by Gasteiger charge is -2.12. The summed E-state index contributed by atoms with van der Waals surface area (Å²) in [6.45, 7) is 2.54. The Morgan fingerprint density at radius 1 is 1.14 bits per heavy atom. The van der Waals surface area contributed by atoms with Crippen molar-refractivity contribution in [3.05, 3.63) is 61.0 Å². The molecule has 0 bridgehead atoms. The van der Waals surface area contributed by atoms with Crippen LogP contribution in [0.1, 0.15) is 59.0 Å². The van der Waals surface area contributed by atoms with Gasteiger partial charge in [0, 0.05) is 21.1 Å². The summed E-state index contributed by atoms with van der Waals surface area (Å²) in [5.41, 5.74) is 2.53. The van der Waals surface area contributed by atoms with E-state index in [9.17, 15) is 4.79 Å². The molecule has 0 atom stereocenters. The summed E-state index contributed by atoms with van der Waals surface area (Å²) in [6, 6.07) is 5.31. The van der Waals surface area contributed by atoms with Gasteiger partial charge in [-0.15, -0.1) is 11.3 Å². The van der Waals surface area contributed by atoms with Crippen LogP contribution in [0.2, 0.25) is 15.1 Å². The van der Waals surface area contributed by atoms with Gasteiger partial charge < -0.3 is 15.4 Å². The number of hydrogen-bond acceptors (Lipinski definition) is 5. The fourth-order valence-corrected chi connectivity index (χ4v) is 6.27. The second-order valence-electron chi connectivity index (χ2n) is 8.18. The van der Waals surface area contributed by atoms with Gasteiger partial charge in [0.2, 0.25) is 0 Å². The van der Waals surface area contributed by atoms with E-state index in [0.29, 0.717) is 49.7 Å². The van der Waals surface area contributed by atoms with Crippen molar-refractivity contribution in [1.29, 1.82) is 0 Å². The quantitative estimate of drug-likeness (QED) is 0.235. The second kappa shape index (κ2) is 11.9. The van der Waals surface area contributed by atoms with Gasteiger partial charge in [0.15, 0.2) is 10.9 Å². The van der Waals surface area contributed by atoms with Crippen LogP contribution in [0.3, 0.4) is 0 Å². The van der Waals surface area contributed by atoms with Crippen molar-refractivity contribution in [2.45, 2.75) is 52.0 Å². The van der Waals surface area contributed by atoms with Crippen LogP contribution >= 0.6 is 58.4 Å². The molecule has 186 valence electrons. The number of nitrogens with one attached hydrogen (secondary N) is 2. The van der Waals surface area contributed by atoms with Gasteiger partial charge in [-0.05, 0) is 68.1 Å². The lowest BCUT2D eigenvalue weighted by Crippen LogP contribution is -2.21. The number of benzene rings is 1. The molecule has 0 unspecified atom stereocenters. The Balaban J connectivity index is 1.51. The van der Waals surface area contributed by atoms with Crippen molar-refractivity contribution in [2.24, 2.45) is 0 Å². The summed E-state index contributed by atoms with van der Waals surface area (Å²) < 4.78 is 7.04. The molecule has 4 rings (SSSR count). The van der Waals surface area contributed by atoms with E-state index in [0.717, 1.165) is 36.8 Å². The Labute approximate surface area is 228 Å². The van der Waals surface area contributed by atoms with E-state index in [1.807, 2.05) is 13.0 Å². The highest BCUT2D eigenvalue weighted by molar-refractivity contribution is 7.80. The first-order valence-corrected chi connectivity index (χ1v) is 13.8. The molecule has 1 aromatic carbocycles. The first kappa shape index (κ1) is 26.2. The van der Waals surface area contributed by atoms with Crippen LogP contribution in [-0.4, -0.2) is 27.5 Å². The third-order valence-electron chi connectivity index (χ3n) is 5.67. The van der Waals surface area contributed by atoms with E-state index < -0.39 is 0 Å². The molecule has 6 nitrogen and oxygen atoms in total. The van der Waals surface area contributed by atoms with Gasteiger partial charge in [0.05, 0.1) is 18.7 Å². The lowest BCUT2D eigenvalue weighted by atomic mass is 9.96. The molecule has 2 N–H and O–H groups in total. The van der Waals surface area contributed by atoms with E-state index in [4.69, 9.17) is 51.8 Å². The van der Waals surface area contributed by atoms with Gasteiger partial charge in [-0.1, -0.05) is 53.7 Å². The maximum atomic E-state index is 12.8. The minimum Gasteiger partial charge on any atom is -0.462 e. The van der Waals surface area contributed by atoms with Crippen LogP contribution in [0.15, 0.2) is 24.4 Å². The number of aryl methyl sites for hydroxylation is 1. The number of anilines is 2. The highest BCUT2D eigenvalue weighted by Gasteiger charge is 2.26. The van der Waals surface area contributed by atoms with Crippen LogP contribution < -0.4 is 10.6 Å². The van der Waals surface area contributed by atoms with Crippen molar-refractivity contribution in [1.82, 2.24) is 9.78 Å². The zero-order valence-corrected chi connectivity index (χ0v) is 23.0. The summed E-state index contributed by atoms with van der Waals surface area (Å²) in [7, 11) is 0. The molecule has 3 aromatic rings. The van der Waals surface area contributed by atoms with Crippen molar-refractivity contribution in [3.8, 4) is 0 Å². The minimum atomic E-state index is -0.321. The first-order valence-electron chi connectivity index (χ1n) is 11.4. The average Bonchev–Trinajstić information content (AvgIpc) is 3.29. The number of thiophene rings is 1. The molecular formula is C24H25Cl3N4O2S2. The van der Waals surface area contributed by atoms with E-state index in [1.165, 1.54) is 17.7 Å². The number of carbonyl (C=O) groups excluding carboxylic acids is 1. The lowest BCUT2D eigenvalue weighted by molar-refractivity contribution is 0.0526. The van der Waals surface area contributed by atoms with Crippen LogP contribution in [0.4, 0.5) is 10.8 Å². The number of hydrogen-bond donors (Lipinski definition) is 2. The Hall–Kier alpha value is -1.84. The fourth-order valence-electron chi connectivity index (χ4n) is 4.06. The second-order valence-corrected chi connectivity index (χ2v) is 10.9. The third kappa shape index (κ3) is 6.49. The molecule has 0 saturated heterocycles. The van der Waals surface area contributed by atoms with Gasteiger partial charge in [0.25, 0.3) is 0 Å². The third-order valence-corrected chi connectivity index (χ3v) is 7.95. The number of thiocarbonyl (C=S) groups is 1.